The number of fused-ring (bicyclic) bond motifs is 3. The lowest BCUT2D eigenvalue weighted by molar-refractivity contribution is 0.0519. The van der Waals surface area contributed by atoms with Crippen LogP contribution in [0, 0.1) is 0 Å². The molecule has 2 heterocycles. The molecule has 2 aromatic carbocycles. The third-order valence-electron chi connectivity index (χ3n) is 5.02. The molecule has 0 N–H and O–H groups in total. The van der Waals surface area contributed by atoms with E-state index in [9.17, 15) is 9.59 Å². The molecule has 0 spiro atoms. The minimum Gasteiger partial charge on any atom is -0.461 e. The summed E-state index contributed by atoms with van der Waals surface area (Å²) in [6.07, 6.45) is 0.174. The number of methoxy groups -OCH3 is 1. The van der Waals surface area contributed by atoms with Crippen LogP contribution in [0.25, 0.3) is 21.8 Å². The second-order valence-electron chi connectivity index (χ2n) is 7.07. The lowest BCUT2D eigenvalue weighted by atomic mass is 10.0. The molecule has 0 amide bonds. The van der Waals surface area contributed by atoms with Crippen LogP contribution >= 0.6 is 15.9 Å². The lowest BCUT2D eigenvalue weighted by Crippen LogP contribution is -2.14. The highest BCUT2D eigenvalue weighted by atomic mass is 79.9. The smallest absolute Gasteiger partial charge is 0.356 e. The van der Waals surface area contributed by atoms with Gasteiger partial charge in [-0.3, -0.25) is 4.79 Å². The Morgan fingerprint density at radius 1 is 1.06 bits per heavy atom. The van der Waals surface area contributed by atoms with Gasteiger partial charge >= 0.3 is 5.97 Å². The summed E-state index contributed by atoms with van der Waals surface area (Å²) in [6, 6.07) is 17.0. The standard InChI is InChI=1S/C24H21BrN2O4/c1-3-31-24(29)19-13-18-17-12-16(25)9-10-20(17)27(14-30-2)23(18)22(26-19)21(28)11-15-7-5-4-6-8-15/h4-10,12-13H,3,11,14H2,1-2H3. The predicted molar refractivity (Wildman–Crippen MR) is 122 cm³/mol. The maximum absolute atomic E-state index is 13.4. The Balaban J connectivity index is 2.00. The van der Waals surface area contributed by atoms with Gasteiger partial charge in [0.25, 0.3) is 0 Å². The van der Waals surface area contributed by atoms with Crippen LogP contribution in [0.2, 0.25) is 0 Å². The molecule has 2 aromatic heterocycles. The molecular formula is C24H21BrN2O4. The Kier molecular flexibility index (Phi) is 6.15. The van der Waals surface area contributed by atoms with E-state index in [1.807, 2.05) is 53.1 Å². The van der Waals surface area contributed by atoms with Gasteiger partial charge in [-0.1, -0.05) is 46.3 Å². The Bertz CT molecular complexity index is 1280. The van der Waals surface area contributed by atoms with Gasteiger partial charge in [0.05, 0.1) is 17.6 Å². The van der Waals surface area contributed by atoms with Crippen LogP contribution in [0.1, 0.15) is 33.5 Å². The number of nitrogens with zero attached hydrogens (tertiary/aromatic N) is 2. The van der Waals surface area contributed by atoms with Crippen molar-refractivity contribution in [1.82, 2.24) is 9.55 Å². The number of carbonyl (C=O) groups excluding carboxylic acids is 2. The average Bonchev–Trinajstić information content (AvgIpc) is 3.07. The zero-order valence-corrected chi connectivity index (χ0v) is 18.8. The van der Waals surface area contributed by atoms with Gasteiger partial charge in [-0.05, 0) is 36.8 Å². The second kappa shape index (κ2) is 8.99. The molecule has 4 aromatic rings. The molecule has 0 radical (unpaired) electrons. The number of halogens is 1. The first-order valence-corrected chi connectivity index (χ1v) is 10.7. The summed E-state index contributed by atoms with van der Waals surface area (Å²) >= 11 is 3.52. The Labute approximate surface area is 187 Å². The summed E-state index contributed by atoms with van der Waals surface area (Å²) in [5, 5.41) is 1.64. The van der Waals surface area contributed by atoms with E-state index in [4.69, 9.17) is 9.47 Å². The van der Waals surface area contributed by atoms with Gasteiger partial charge in [-0.25, -0.2) is 9.78 Å². The quantitative estimate of drug-likeness (QED) is 0.270. The fourth-order valence-corrected chi connectivity index (χ4v) is 4.09. The second-order valence-corrected chi connectivity index (χ2v) is 7.98. The fraction of sp³-hybridized carbons (Fsp3) is 0.208. The molecule has 0 bridgehead atoms. The maximum atomic E-state index is 13.4. The predicted octanol–water partition coefficient (Wildman–Crippen LogP) is 5.16. The molecule has 0 aliphatic carbocycles. The third-order valence-corrected chi connectivity index (χ3v) is 5.51. The molecule has 6 nitrogen and oxygen atoms in total. The van der Waals surface area contributed by atoms with Gasteiger partial charge in [-0.2, -0.15) is 0 Å². The highest BCUT2D eigenvalue weighted by Gasteiger charge is 2.23. The number of Topliss-reactive ketones (excluding diaryl/α,β-unsaturated/α-hetero) is 1. The molecule has 31 heavy (non-hydrogen) atoms. The van der Waals surface area contributed by atoms with Crippen LogP contribution < -0.4 is 0 Å². The van der Waals surface area contributed by atoms with E-state index in [2.05, 4.69) is 20.9 Å². The number of carbonyl (C=O) groups is 2. The van der Waals surface area contributed by atoms with Crippen molar-refractivity contribution in [3.8, 4) is 0 Å². The molecule has 0 aliphatic heterocycles. The number of pyridine rings is 1. The molecule has 158 valence electrons. The first kappa shape index (κ1) is 21.2. The van der Waals surface area contributed by atoms with E-state index in [0.717, 1.165) is 26.3 Å². The third kappa shape index (κ3) is 4.11. The minimum absolute atomic E-state index is 0.113. The number of rotatable bonds is 7. The monoisotopic (exact) mass is 480 g/mol. The lowest BCUT2D eigenvalue weighted by Gasteiger charge is -2.11. The summed E-state index contributed by atoms with van der Waals surface area (Å²) in [6.45, 7) is 2.20. The summed E-state index contributed by atoms with van der Waals surface area (Å²) < 4.78 is 13.4. The molecule has 0 unspecified atom stereocenters. The highest BCUT2D eigenvalue weighted by molar-refractivity contribution is 9.10. The Hall–Kier alpha value is -3.03. The van der Waals surface area contributed by atoms with E-state index in [1.165, 1.54) is 0 Å². The van der Waals surface area contributed by atoms with Crippen molar-refractivity contribution in [2.45, 2.75) is 20.1 Å². The van der Waals surface area contributed by atoms with Crippen molar-refractivity contribution in [2.75, 3.05) is 13.7 Å². The van der Waals surface area contributed by atoms with E-state index >= 15 is 0 Å². The molecule has 0 fully saturated rings. The van der Waals surface area contributed by atoms with Crippen molar-refractivity contribution < 1.29 is 19.1 Å². The maximum Gasteiger partial charge on any atom is 0.356 e. The number of benzene rings is 2. The molecule has 0 aliphatic rings. The van der Waals surface area contributed by atoms with Gasteiger partial charge in [0.15, 0.2) is 5.78 Å². The average molecular weight is 481 g/mol. The van der Waals surface area contributed by atoms with Gasteiger partial charge in [-0.15, -0.1) is 0 Å². The van der Waals surface area contributed by atoms with Gasteiger partial charge in [0, 0.05) is 28.8 Å². The van der Waals surface area contributed by atoms with E-state index in [-0.39, 0.29) is 36.9 Å². The summed E-state index contributed by atoms with van der Waals surface area (Å²) in [5.41, 5.74) is 2.75. The number of hydrogen-bond acceptors (Lipinski definition) is 5. The number of hydrogen-bond donors (Lipinski definition) is 0. The first-order valence-electron chi connectivity index (χ1n) is 9.89. The van der Waals surface area contributed by atoms with Crippen molar-refractivity contribution in [2.24, 2.45) is 0 Å². The van der Waals surface area contributed by atoms with Crippen molar-refractivity contribution in [3.63, 3.8) is 0 Å². The molecular weight excluding hydrogens is 460 g/mol. The van der Waals surface area contributed by atoms with Gasteiger partial charge < -0.3 is 14.0 Å². The Morgan fingerprint density at radius 2 is 1.84 bits per heavy atom. The van der Waals surface area contributed by atoms with E-state index < -0.39 is 5.97 Å². The van der Waals surface area contributed by atoms with Crippen LogP contribution in [0.15, 0.2) is 59.1 Å². The zero-order valence-electron chi connectivity index (χ0n) is 17.2. The minimum atomic E-state index is -0.555. The highest BCUT2D eigenvalue weighted by Crippen LogP contribution is 2.34. The summed E-state index contributed by atoms with van der Waals surface area (Å²) in [4.78, 5) is 30.4. The molecule has 0 saturated carbocycles. The van der Waals surface area contributed by atoms with Crippen molar-refractivity contribution in [1.29, 1.82) is 0 Å². The number of ketones is 1. The van der Waals surface area contributed by atoms with Gasteiger partial charge in [0.2, 0.25) is 0 Å². The first-order chi connectivity index (χ1) is 15.0. The number of aromatic nitrogens is 2. The SMILES string of the molecule is CCOC(=O)c1cc2c3cc(Br)ccc3n(COC)c2c(C(=O)Cc2ccccc2)n1. The van der Waals surface area contributed by atoms with Crippen LogP contribution in [0.5, 0.6) is 0 Å². The van der Waals surface area contributed by atoms with Crippen LogP contribution in [0.4, 0.5) is 0 Å². The zero-order chi connectivity index (χ0) is 22.0. The van der Waals surface area contributed by atoms with Crippen LogP contribution in [-0.4, -0.2) is 35.0 Å². The topological polar surface area (TPSA) is 70.4 Å². The normalized spacial score (nSPS) is 11.2. The molecule has 0 atom stereocenters. The molecule has 4 rings (SSSR count). The number of esters is 1. The van der Waals surface area contributed by atoms with E-state index in [1.54, 1.807) is 20.1 Å². The van der Waals surface area contributed by atoms with Crippen LogP contribution in [-0.2, 0) is 22.6 Å². The van der Waals surface area contributed by atoms with Crippen LogP contribution in [0.3, 0.4) is 0 Å². The summed E-state index contributed by atoms with van der Waals surface area (Å²) in [5.74, 6) is -0.734. The van der Waals surface area contributed by atoms with E-state index in [0.29, 0.717) is 5.52 Å². The summed E-state index contributed by atoms with van der Waals surface area (Å²) in [7, 11) is 1.60. The Morgan fingerprint density at radius 3 is 2.55 bits per heavy atom. The molecule has 7 heteroatoms. The van der Waals surface area contributed by atoms with Crippen molar-refractivity contribution >= 4 is 49.5 Å². The van der Waals surface area contributed by atoms with Crippen molar-refractivity contribution in [3.05, 3.63) is 76.0 Å². The fourth-order valence-electron chi connectivity index (χ4n) is 3.73. The number of ether oxygens (including phenoxy) is 2. The van der Waals surface area contributed by atoms with Gasteiger partial charge in [0.1, 0.15) is 18.1 Å². The largest absolute Gasteiger partial charge is 0.461 e. The molecule has 0 saturated heterocycles.